The van der Waals surface area contributed by atoms with Crippen LogP contribution in [-0.2, 0) is 4.79 Å². The summed E-state index contributed by atoms with van der Waals surface area (Å²) in [5.41, 5.74) is 0. The minimum atomic E-state index is -0.193. The number of ether oxygens (including phenoxy) is 2. The summed E-state index contributed by atoms with van der Waals surface area (Å²) in [6.45, 7) is 5.03. The second-order valence-electron chi connectivity index (χ2n) is 6.05. The number of hydrogen-bond donors (Lipinski definition) is 1. The number of carbonyl (C=O) groups is 1. The van der Waals surface area contributed by atoms with Gasteiger partial charge in [-0.3, -0.25) is 0 Å². The molecule has 0 aromatic heterocycles. The number of rotatable bonds is 5. The summed E-state index contributed by atoms with van der Waals surface area (Å²) in [6.07, 6.45) is 2.04. The summed E-state index contributed by atoms with van der Waals surface area (Å²) in [4.78, 5) is 11.4. The van der Waals surface area contributed by atoms with Crippen molar-refractivity contribution in [3.05, 3.63) is 24.3 Å². The van der Waals surface area contributed by atoms with Gasteiger partial charge in [-0.15, -0.1) is 0 Å². The van der Waals surface area contributed by atoms with Gasteiger partial charge < -0.3 is 19.6 Å². The van der Waals surface area contributed by atoms with Crippen LogP contribution >= 0.6 is 0 Å². The van der Waals surface area contributed by atoms with Crippen molar-refractivity contribution in [2.24, 2.45) is 5.92 Å². The van der Waals surface area contributed by atoms with Gasteiger partial charge in [0, 0.05) is 0 Å². The number of hydrogen-bond acceptors (Lipinski definition) is 4. The quantitative estimate of drug-likeness (QED) is 0.835. The van der Waals surface area contributed by atoms with E-state index in [1.54, 1.807) is 14.2 Å². The molecule has 135 valence electrons. The van der Waals surface area contributed by atoms with E-state index in [1.165, 1.54) is 0 Å². The van der Waals surface area contributed by atoms with Gasteiger partial charge in [-0.05, 0) is 56.1 Å². The maximum Gasteiger partial charge on any atom is 0.160 e. The van der Waals surface area contributed by atoms with Gasteiger partial charge in [-0.25, -0.2) is 0 Å². The summed E-state index contributed by atoms with van der Waals surface area (Å²) < 4.78 is 10.0. The largest absolute Gasteiger partial charge is 0.493 e. The summed E-state index contributed by atoms with van der Waals surface area (Å²) >= 11 is 0. The van der Waals surface area contributed by atoms with E-state index in [0.29, 0.717) is 11.7 Å². The fraction of sp³-hybridized carbons (Fsp3) is 0.632. The van der Waals surface area contributed by atoms with Gasteiger partial charge in [0.25, 0.3) is 0 Å². The minimum absolute atomic E-state index is 0.193. The highest BCUT2D eigenvalue weighted by Crippen LogP contribution is 2.57. The van der Waals surface area contributed by atoms with Crippen molar-refractivity contribution in [2.75, 3.05) is 27.8 Å². The molecular weight excluding hydrogens is 312 g/mol. The van der Waals surface area contributed by atoms with Gasteiger partial charge in [0.15, 0.2) is 11.5 Å². The fourth-order valence-electron chi connectivity index (χ4n) is 3.18. The molecule has 1 N–H and O–H groups in total. The second kappa shape index (κ2) is 11.2. The SMILES string of the molecule is CC.COc1ccccc1OC.[B]C1CC(CCNC)C2[B]C2C1=O. The molecule has 1 aromatic rings. The minimum Gasteiger partial charge on any atom is -0.493 e. The van der Waals surface area contributed by atoms with Gasteiger partial charge in [0.05, 0.1) is 22.1 Å². The van der Waals surface area contributed by atoms with Crippen LogP contribution in [0.2, 0.25) is 17.5 Å². The number of fused-ring (bicyclic) bond motifs is 1. The molecule has 1 saturated carbocycles. The number of ketones is 1. The van der Waals surface area contributed by atoms with Crippen molar-refractivity contribution < 1.29 is 14.3 Å². The third kappa shape index (κ3) is 6.10. The molecule has 2 aliphatic rings. The smallest absolute Gasteiger partial charge is 0.160 e. The van der Waals surface area contributed by atoms with E-state index in [2.05, 4.69) is 12.6 Å². The van der Waals surface area contributed by atoms with E-state index in [4.69, 9.17) is 17.3 Å². The van der Waals surface area contributed by atoms with Crippen LogP contribution < -0.4 is 14.8 Å². The number of Topliss-reactive ketones (excluding diaryl/α,β-unsaturated/α-hetero) is 1. The summed E-state index contributed by atoms with van der Waals surface area (Å²) in [5, 5.41) is 3.14. The van der Waals surface area contributed by atoms with E-state index >= 15 is 0 Å². The molecule has 0 bridgehead atoms. The summed E-state index contributed by atoms with van der Waals surface area (Å²) in [7, 11) is 13.1. The second-order valence-corrected chi connectivity index (χ2v) is 6.05. The highest BCUT2D eigenvalue weighted by Gasteiger charge is 2.52. The maximum absolute atomic E-state index is 11.4. The van der Waals surface area contributed by atoms with Crippen molar-refractivity contribution >= 4 is 20.9 Å². The highest BCUT2D eigenvalue weighted by atomic mass is 16.5. The third-order valence-corrected chi connectivity index (χ3v) is 4.55. The number of nitrogens with one attached hydrogen (secondary N) is 1. The maximum atomic E-state index is 11.4. The molecule has 2 fully saturated rings. The molecule has 3 rings (SSSR count). The molecule has 0 spiro atoms. The summed E-state index contributed by atoms with van der Waals surface area (Å²) in [5.74, 6) is 3.03. The van der Waals surface area contributed by atoms with E-state index in [9.17, 15) is 4.79 Å². The fourth-order valence-corrected chi connectivity index (χ4v) is 3.18. The van der Waals surface area contributed by atoms with E-state index in [0.717, 1.165) is 30.9 Å². The van der Waals surface area contributed by atoms with Gasteiger partial charge in [0.1, 0.15) is 13.1 Å². The van der Waals surface area contributed by atoms with Crippen LogP contribution in [0.3, 0.4) is 0 Å². The monoisotopic (exact) mass is 342 g/mol. The molecule has 1 aromatic carbocycles. The Kier molecular flexibility index (Phi) is 9.73. The summed E-state index contributed by atoms with van der Waals surface area (Å²) in [6, 6.07) is 7.53. The van der Waals surface area contributed by atoms with Gasteiger partial charge in [-0.1, -0.05) is 31.8 Å². The zero-order valence-electron chi connectivity index (χ0n) is 16.1. The predicted octanol–water partition coefficient (Wildman–Crippen LogP) is 3.17. The number of benzene rings is 1. The molecular formula is C19H30B2NO3. The van der Waals surface area contributed by atoms with Crippen LogP contribution in [-0.4, -0.2) is 48.7 Å². The van der Waals surface area contributed by atoms with Crippen LogP contribution in [0, 0.1) is 5.92 Å². The molecule has 4 nitrogen and oxygen atoms in total. The van der Waals surface area contributed by atoms with Crippen LogP contribution in [0.5, 0.6) is 11.5 Å². The molecule has 1 aliphatic heterocycles. The zero-order chi connectivity index (χ0) is 18.8. The number of methoxy groups -OCH3 is 2. The lowest BCUT2D eigenvalue weighted by molar-refractivity contribution is -0.119. The lowest BCUT2D eigenvalue weighted by atomic mass is 9.69. The Morgan fingerprint density at radius 3 is 2.24 bits per heavy atom. The van der Waals surface area contributed by atoms with Crippen LogP contribution in [0.4, 0.5) is 0 Å². The molecule has 0 amide bonds. The Bertz CT molecular complexity index is 500. The van der Waals surface area contributed by atoms with Crippen molar-refractivity contribution in [1.29, 1.82) is 0 Å². The first kappa shape index (κ1) is 21.6. The van der Waals surface area contributed by atoms with Crippen LogP contribution in [0.15, 0.2) is 24.3 Å². The first-order valence-electron chi connectivity index (χ1n) is 9.08. The van der Waals surface area contributed by atoms with Crippen LogP contribution in [0.1, 0.15) is 26.7 Å². The standard InChI is InChI=1S/C9H14B2NO.C8H10O2.C2H6/c1-12-3-2-5-4-6(10)9(13)8-7(5)11-8;1-9-7-5-3-4-6-8(7)10-2;1-2/h5-8,12H,2-4H2,1H3;3-6H,1-2H3;1-2H3. The Balaban J connectivity index is 0.000000235. The molecule has 4 atom stereocenters. The van der Waals surface area contributed by atoms with Crippen molar-refractivity contribution in [1.82, 2.24) is 5.32 Å². The normalized spacial score (nSPS) is 25.9. The molecule has 6 heteroatoms. The van der Waals surface area contributed by atoms with Gasteiger partial charge >= 0.3 is 0 Å². The molecule has 1 saturated heterocycles. The topological polar surface area (TPSA) is 47.6 Å². The van der Waals surface area contributed by atoms with Crippen LogP contribution in [0.25, 0.3) is 0 Å². The van der Waals surface area contributed by atoms with Gasteiger partial charge in [0.2, 0.25) is 0 Å². The lowest BCUT2D eigenvalue weighted by Gasteiger charge is -2.26. The average molecular weight is 342 g/mol. The Morgan fingerprint density at radius 2 is 1.76 bits per heavy atom. The molecule has 1 heterocycles. The van der Waals surface area contributed by atoms with Crippen molar-refractivity contribution in [3.63, 3.8) is 0 Å². The molecule has 1 aliphatic carbocycles. The molecule has 4 unspecified atom stereocenters. The van der Waals surface area contributed by atoms with Crippen molar-refractivity contribution in [2.45, 2.75) is 44.1 Å². The predicted molar refractivity (Wildman–Crippen MR) is 105 cm³/mol. The highest BCUT2D eigenvalue weighted by molar-refractivity contribution is 6.62. The Labute approximate surface area is 154 Å². The zero-order valence-corrected chi connectivity index (χ0v) is 16.1. The third-order valence-electron chi connectivity index (χ3n) is 4.55. The lowest BCUT2D eigenvalue weighted by Crippen LogP contribution is -2.22. The first-order valence-corrected chi connectivity index (χ1v) is 9.08. The van der Waals surface area contributed by atoms with E-state index < -0.39 is 0 Å². The number of carbonyl (C=O) groups excluding carboxylic acids is 1. The molecule has 25 heavy (non-hydrogen) atoms. The average Bonchev–Trinajstić information content (AvgIpc) is 3.47. The van der Waals surface area contributed by atoms with E-state index in [-0.39, 0.29) is 17.4 Å². The van der Waals surface area contributed by atoms with E-state index in [1.807, 2.05) is 45.2 Å². The first-order chi connectivity index (χ1) is 12.1. The van der Waals surface area contributed by atoms with Gasteiger partial charge in [-0.2, -0.15) is 0 Å². The molecule has 3 radical (unpaired) electrons. The van der Waals surface area contributed by atoms with Crippen molar-refractivity contribution in [3.8, 4) is 11.5 Å². The Morgan fingerprint density at radius 1 is 1.20 bits per heavy atom. The Hall–Kier alpha value is -1.42. The number of para-hydroxylation sites is 2.